The van der Waals surface area contributed by atoms with Gasteiger partial charge in [0.05, 0.1) is 31.9 Å². The molecule has 0 fully saturated rings. The number of hydrogen-bond donors (Lipinski definition) is 1. The van der Waals surface area contributed by atoms with Crippen molar-refractivity contribution >= 4 is 27.5 Å². The maximum atomic E-state index is 14.1. The molecule has 0 saturated carbocycles. The largest absolute Gasteiger partial charge is 0.497 e. The van der Waals surface area contributed by atoms with Crippen LogP contribution in [-0.4, -0.2) is 64.6 Å². The number of nitrogens with zero attached hydrogens (tertiary/aromatic N) is 2. The minimum Gasteiger partial charge on any atom is -0.497 e. The van der Waals surface area contributed by atoms with Crippen molar-refractivity contribution in [2.45, 2.75) is 50.7 Å². The van der Waals surface area contributed by atoms with Gasteiger partial charge in [-0.15, -0.1) is 0 Å². The number of hydrogen-bond acceptors (Lipinski definition) is 7. The highest BCUT2D eigenvalue weighted by Crippen LogP contribution is 2.32. The molecule has 0 aliphatic heterocycles. The summed E-state index contributed by atoms with van der Waals surface area (Å²) in [6, 6.07) is 18.8. The van der Waals surface area contributed by atoms with Crippen LogP contribution < -0.4 is 23.8 Å². The molecular weight excluding hydrogens is 558 g/mol. The molecule has 11 heteroatoms. The molecule has 0 aromatic heterocycles. The van der Waals surface area contributed by atoms with E-state index < -0.39 is 34.1 Å². The van der Waals surface area contributed by atoms with Crippen LogP contribution in [0.5, 0.6) is 17.2 Å². The molecule has 0 bridgehead atoms. The van der Waals surface area contributed by atoms with E-state index in [4.69, 9.17) is 14.2 Å². The van der Waals surface area contributed by atoms with Crippen LogP contribution in [0.1, 0.15) is 33.3 Å². The number of para-hydroxylation sites is 1. The van der Waals surface area contributed by atoms with Crippen molar-refractivity contribution in [1.29, 1.82) is 0 Å². The monoisotopic (exact) mass is 597 g/mol. The van der Waals surface area contributed by atoms with Gasteiger partial charge in [0.2, 0.25) is 11.8 Å². The molecule has 0 saturated heterocycles. The third kappa shape index (κ3) is 7.94. The second kappa shape index (κ2) is 13.6. The first-order valence-electron chi connectivity index (χ1n) is 13.3. The third-order valence-corrected chi connectivity index (χ3v) is 8.19. The number of sulfonamides is 1. The molecule has 0 aliphatic rings. The van der Waals surface area contributed by atoms with E-state index in [-0.39, 0.29) is 28.8 Å². The maximum Gasteiger partial charge on any atom is 0.264 e. The smallest absolute Gasteiger partial charge is 0.264 e. The predicted molar refractivity (Wildman–Crippen MR) is 161 cm³/mol. The molecule has 42 heavy (non-hydrogen) atoms. The van der Waals surface area contributed by atoms with Gasteiger partial charge in [-0.3, -0.25) is 13.9 Å². The van der Waals surface area contributed by atoms with Gasteiger partial charge in [-0.25, -0.2) is 8.42 Å². The fraction of sp³-hybridized carbons (Fsp3) is 0.355. The summed E-state index contributed by atoms with van der Waals surface area (Å²) in [6.07, 6.45) is 0. The molecule has 0 radical (unpaired) electrons. The van der Waals surface area contributed by atoms with Crippen molar-refractivity contribution in [2.24, 2.45) is 0 Å². The lowest BCUT2D eigenvalue weighted by molar-refractivity contribution is -0.140. The molecule has 3 aromatic rings. The molecule has 3 aromatic carbocycles. The average molecular weight is 598 g/mol. The zero-order valence-electron chi connectivity index (χ0n) is 25.1. The number of methoxy groups -OCH3 is 3. The molecule has 0 heterocycles. The fourth-order valence-corrected chi connectivity index (χ4v) is 5.68. The van der Waals surface area contributed by atoms with Crippen LogP contribution in [0.3, 0.4) is 0 Å². The van der Waals surface area contributed by atoms with E-state index in [0.29, 0.717) is 17.1 Å². The molecule has 3 rings (SSSR count). The van der Waals surface area contributed by atoms with Crippen LogP contribution in [0.15, 0.2) is 77.7 Å². The molecule has 0 aliphatic carbocycles. The number of ether oxygens (including phenoxy) is 3. The summed E-state index contributed by atoms with van der Waals surface area (Å²) in [5.41, 5.74) is 0.462. The van der Waals surface area contributed by atoms with E-state index in [0.717, 1.165) is 4.31 Å². The van der Waals surface area contributed by atoms with Gasteiger partial charge in [0.1, 0.15) is 18.3 Å². The van der Waals surface area contributed by atoms with Gasteiger partial charge >= 0.3 is 0 Å². The summed E-state index contributed by atoms with van der Waals surface area (Å²) in [5.74, 6) is 0.246. The highest BCUT2D eigenvalue weighted by Gasteiger charge is 2.33. The Bertz CT molecular complexity index is 1490. The van der Waals surface area contributed by atoms with Crippen LogP contribution >= 0.6 is 0 Å². The number of anilines is 1. The molecule has 10 nitrogen and oxygen atoms in total. The highest BCUT2D eigenvalue weighted by molar-refractivity contribution is 7.92. The Labute approximate surface area is 248 Å². The second-order valence-corrected chi connectivity index (χ2v) is 12.5. The van der Waals surface area contributed by atoms with Crippen molar-refractivity contribution in [3.8, 4) is 17.2 Å². The average Bonchev–Trinajstić information content (AvgIpc) is 2.97. The Morgan fingerprint density at radius 1 is 0.857 bits per heavy atom. The van der Waals surface area contributed by atoms with Gasteiger partial charge in [-0.05, 0) is 69.7 Å². The lowest BCUT2D eigenvalue weighted by atomic mass is 10.1. The van der Waals surface area contributed by atoms with Crippen molar-refractivity contribution in [3.05, 3.63) is 78.4 Å². The van der Waals surface area contributed by atoms with E-state index in [1.54, 1.807) is 55.5 Å². The standard InChI is InChI=1S/C31H39N3O7S/c1-22(30(36)32-31(2,3)4)33(20-23-12-11-15-25(18-23)39-5)29(35)21-34(24-13-9-8-10-14-24)42(37,38)26-16-17-27(40-6)28(19-26)41-7/h8-19,22H,20-21H2,1-7H3,(H,32,36)/t22-/m1/s1. The summed E-state index contributed by atoms with van der Waals surface area (Å²) in [6.45, 7) is 6.65. The lowest BCUT2D eigenvalue weighted by Crippen LogP contribution is -2.54. The molecule has 1 atom stereocenters. The number of benzene rings is 3. The zero-order valence-corrected chi connectivity index (χ0v) is 25.9. The Balaban J connectivity index is 2.06. The van der Waals surface area contributed by atoms with E-state index in [2.05, 4.69) is 5.32 Å². The number of carbonyl (C=O) groups is 2. The Hall–Kier alpha value is -4.25. The summed E-state index contributed by atoms with van der Waals surface area (Å²) in [5, 5.41) is 2.91. The Morgan fingerprint density at radius 2 is 1.52 bits per heavy atom. The number of nitrogens with one attached hydrogen (secondary N) is 1. The van der Waals surface area contributed by atoms with E-state index in [9.17, 15) is 18.0 Å². The topological polar surface area (TPSA) is 114 Å². The molecule has 0 spiro atoms. The van der Waals surface area contributed by atoms with Gasteiger partial charge < -0.3 is 24.4 Å². The SMILES string of the molecule is COc1cccc(CN(C(=O)CN(c2ccccc2)S(=O)(=O)c2ccc(OC)c(OC)c2)[C@H](C)C(=O)NC(C)(C)C)c1. The lowest BCUT2D eigenvalue weighted by Gasteiger charge is -2.33. The summed E-state index contributed by atoms with van der Waals surface area (Å²) in [4.78, 5) is 28.6. The first-order valence-corrected chi connectivity index (χ1v) is 14.8. The number of rotatable bonds is 12. The Morgan fingerprint density at radius 3 is 2.12 bits per heavy atom. The molecular formula is C31H39N3O7S. The second-order valence-electron chi connectivity index (χ2n) is 10.7. The quantitative estimate of drug-likeness (QED) is 0.332. The van der Waals surface area contributed by atoms with Crippen LogP contribution in [0, 0.1) is 0 Å². The number of carbonyl (C=O) groups excluding carboxylic acids is 2. The molecule has 1 N–H and O–H groups in total. The van der Waals surface area contributed by atoms with Crippen molar-refractivity contribution < 1.29 is 32.2 Å². The molecule has 0 unspecified atom stereocenters. The summed E-state index contributed by atoms with van der Waals surface area (Å²) in [7, 11) is 0.134. The number of amides is 2. The van der Waals surface area contributed by atoms with Gasteiger partial charge in [-0.1, -0.05) is 30.3 Å². The third-order valence-electron chi connectivity index (χ3n) is 6.42. The predicted octanol–water partition coefficient (Wildman–Crippen LogP) is 4.24. The minimum atomic E-state index is -4.27. The normalized spacial score (nSPS) is 12.2. The van der Waals surface area contributed by atoms with Gasteiger partial charge in [-0.2, -0.15) is 0 Å². The highest BCUT2D eigenvalue weighted by atomic mass is 32.2. The van der Waals surface area contributed by atoms with Crippen molar-refractivity contribution in [1.82, 2.24) is 10.2 Å². The molecule has 226 valence electrons. The first-order chi connectivity index (χ1) is 19.8. The van der Waals surface area contributed by atoms with Crippen molar-refractivity contribution in [3.63, 3.8) is 0 Å². The van der Waals surface area contributed by atoms with Gasteiger partial charge in [0.25, 0.3) is 10.0 Å². The summed E-state index contributed by atoms with van der Waals surface area (Å²) < 4.78 is 45.1. The van der Waals surface area contributed by atoms with E-state index in [1.165, 1.54) is 44.4 Å². The van der Waals surface area contributed by atoms with Gasteiger partial charge in [0, 0.05) is 18.2 Å². The molecule has 2 amide bonds. The van der Waals surface area contributed by atoms with Crippen LogP contribution in [-0.2, 0) is 26.2 Å². The minimum absolute atomic E-state index is 0.0494. The fourth-order valence-electron chi connectivity index (χ4n) is 4.25. The maximum absolute atomic E-state index is 14.1. The zero-order chi connectivity index (χ0) is 31.1. The Kier molecular flexibility index (Phi) is 10.5. The van der Waals surface area contributed by atoms with Crippen LogP contribution in [0.4, 0.5) is 5.69 Å². The van der Waals surface area contributed by atoms with Crippen LogP contribution in [0.2, 0.25) is 0 Å². The van der Waals surface area contributed by atoms with E-state index in [1.807, 2.05) is 26.8 Å². The van der Waals surface area contributed by atoms with Gasteiger partial charge in [0.15, 0.2) is 11.5 Å². The van der Waals surface area contributed by atoms with Crippen LogP contribution in [0.25, 0.3) is 0 Å². The van der Waals surface area contributed by atoms with E-state index >= 15 is 0 Å². The summed E-state index contributed by atoms with van der Waals surface area (Å²) >= 11 is 0. The van der Waals surface area contributed by atoms with Crippen molar-refractivity contribution in [2.75, 3.05) is 32.2 Å². The first kappa shape index (κ1) is 32.3.